The SMILES string of the molecule is CC(CCCC(F)(F)F)N1CCNC(=O)C1CC(=O)O. The Morgan fingerprint density at radius 1 is 1.55 bits per heavy atom. The minimum absolute atomic E-state index is 0.0252. The Bertz CT molecular complexity index is 360. The Morgan fingerprint density at radius 3 is 2.75 bits per heavy atom. The van der Waals surface area contributed by atoms with Gasteiger partial charge < -0.3 is 10.4 Å². The number of carbonyl (C=O) groups is 2. The highest BCUT2D eigenvalue weighted by molar-refractivity contribution is 5.86. The molecule has 0 aromatic rings. The molecule has 0 bridgehead atoms. The van der Waals surface area contributed by atoms with E-state index in [1.807, 2.05) is 0 Å². The maximum Gasteiger partial charge on any atom is 0.389 e. The molecule has 1 heterocycles. The molecule has 1 aliphatic rings. The van der Waals surface area contributed by atoms with Crippen LogP contribution in [0.5, 0.6) is 0 Å². The number of nitrogens with one attached hydrogen (secondary N) is 1. The number of nitrogens with zero attached hydrogens (tertiary/aromatic N) is 1. The van der Waals surface area contributed by atoms with Gasteiger partial charge in [-0.3, -0.25) is 14.5 Å². The van der Waals surface area contributed by atoms with Gasteiger partial charge in [0.1, 0.15) is 0 Å². The second-order valence-corrected chi connectivity index (χ2v) is 5.00. The molecule has 20 heavy (non-hydrogen) atoms. The highest BCUT2D eigenvalue weighted by atomic mass is 19.4. The molecule has 2 N–H and O–H groups in total. The Balaban J connectivity index is 2.56. The normalized spacial score (nSPS) is 22.4. The Kier molecular flexibility index (Phi) is 5.79. The van der Waals surface area contributed by atoms with E-state index in [4.69, 9.17) is 5.11 Å². The molecule has 8 heteroatoms. The summed E-state index contributed by atoms with van der Waals surface area (Å²) in [5.74, 6) is -1.47. The number of carboxylic acid groups (broad SMARTS) is 1. The van der Waals surface area contributed by atoms with Gasteiger partial charge in [0, 0.05) is 25.6 Å². The molecule has 1 fully saturated rings. The molecule has 1 saturated heterocycles. The minimum atomic E-state index is -4.18. The summed E-state index contributed by atoms with van der Waals surface area (Å²) < 4.78 is 36.3. The number of piperazine rings is 1. The van der Waals surface area contributed by atoms with Crippen LogP contribution < -0.4 is 5.32 Å². The third-order valence-electron chi connectivity index (χ3n) is 3.39. The molecule has 1 amide bonds. The molecule has 2 atom stereocenters. The molecular weight excluding hydrogens is 277 g/mol. The molecule has 5 nitrogen and oxygen atoms in total. The van der Waals surface area contributed by atoms with Gasteiger partial charge in [-0.05, 0) is 19.8 Å². The molecule has 1 aliphatic heterocycles. The highest BCUT2D eigenvalue weighted by Gasteiger charge is 2.34. The fourth-order valence-corrected chi connectivity index (χ4v) is 2.40. The van der Waals surface area contributed by atoms with Gasteiger partial charge in [0.25, 0.3) is 0 Å². The smallest absolute Gasteiger partial charge is 0.389 e. The predicted molar refractivity (Wildman–Crippen MR) is 65.1 cm³/mol. The van der Waals surface area contributed by atoms with Crippen molar-refractivity contribution in [1.82, 2.24) is 10.2 Å². The summed E-state index contributed by atoms with van der Waals surface area (Å²) in [6.07, 6.45) is -5.12. The molecular formula is C12H19F3N2O3. The quantitative estimate of drug-likeness (QED) is 0.777. The second kappa shape index (κ2) is 6.92. The van der Waals surface area contributed by atoms with E-state index in [9.17, 15) is 22.8 Å². The molecule has 0 radical (unpaired) electrons. The summed E-state index contributed by atoms with van der Waals surface area (Å²) in [5, 5.41) is 11.4. The predicted octanol–water partition coefficient (Wildman–Crippen LogP) is 1.38. The Hall–Kier alpha value is -1.31. The number of carboxylic acids is 1. The zero-order valence-electron chi connectivity index (χ0n) is 11.2. The molecule has 0 spiro atoms. The standard InChI is InChI=1S/C12H19F3N2O3/c1-8(3-2-4-12(13,14)15)17-6-5-16-11(20)9(17)7-10(18)19/h8-9H,2-7H2,1H3,(H,16,20)(H,18,19). The first-order valence-corrected chi connectivity index (χ1v) is 6.52. The van der Waals surface area contributed by atoms with Crippen LogP contribution in [-0.2, 0) is 9.59 Å². The number of alkyl halides is 3. The summed E-state index contributed by atoms with van der Waals surface area (Å²) >= 11 is 0. The van der Waals surface area contributed by atoms with E-state index in [0.29, 0.717) is 13.1 Å². The van der Waals surface area contributed by atoms with Gasteiger partial charge in [-0.25, -0.2) is 0 Å². The second-order valence-electron chi connectivity index (χ2n) is 5.00. The van der Waals surface area contributed by atoms with Crippen molar-refractivity contribution in [3.05, 3.63) is 0 Å². The van der Waals surface area contributed by atoms with Gasteiger partial charge in [0.2, 0.25) is 5.91 Å². The van der Waals surface area contributed by atoms with Crippen molar-refractivity contribution in [2.45, 2.75) is 50.9 Å². The summed E-state index contributed by atoms with van der Waals surface area (Å²) in [7, 11) is 0. The molecule has 2 unspecified atom stereocenters. The fourth-order valence-electron chi connectivity index (χ4n) is 2.40. The van der Waals surface area contributed by atoms with Crippen LogP contribution in [0.1, 0.15) is 32.6 Å². The average molecular weight is 296 g/mol. The van der Waals surface area contributed by atoms with Crippen LogP contribution >= 0.6 is 0 Å². The highest BCUT2D eigenvalue weighted by Crippen LogP contribution is 2.24. The van der Waals surface area contributed by atoms with Crippen molar-refractivity contribution in [1.29, 1.82) is 0 Å². The van der Waals surface area contributed by atoms with Gasteiger partial charge >= 0.3 is 12.1 Å². The summed E-state index contributed by atoms with van der Waals surface area (Å²) in [6, 6.07) is -1.06. The largest absolute Gasteiger partial charge is 0.481 e. The lowest BCUT2D eigenvalue weighted by atomic mass is 10.0. The Labute approximate surface area is 115 Å². The summed E-state index contributed by atoms with van der Waals surface area (Å²) in [6.45, 7) is 2.57. The van der Waals surface area contributed by atoms with E-state index < -0.39 is 24.6 Å². The third kappa shape index (κ3) is 5.36. The van der Waals surface area contributed by atoms with E-state index >= 15 is 0 Å². The molecule has 0 aromatic carbocycles. The van der Waals surface area contributed by atoms with Crippen molar-refractivity contribution >= 4 is 11.9 Å². The van der Waals surface area contributed by atoms with Crippen molar-refractivity contribution in [3.63, 3.8) is 0 Å². The first-order chi connectivity index (χ1) is 9.20. The molecule has 1 rings (SSSR count). The maximum absolute atomic E-state index is 12.1. The van der Waals surface area contributed by atoms with Crippen LogP contribution in [0.3, 0.4) is 0 Å². The van der Waals surface area contributed by atoms with Crippen LogP contribution in [0.15, 0.2) is 0 Å². The summed E-state index contributed by atoms with van der Waals surface area (Å²) in [5.41, 5.74) is 0. The van der Waals surface area contributed by atoms with Crippen LogP contribution in [0.2, 0.25) is 0 Å². The van der Waals surface area contributed by atoms with Crippen LogP contribution in [0.4, 0.5) is 13.2 Å². The van der Waals surface area contributed by atoms with Crippen molar-refractivity contribution in [3.8, 4) is 0 Å². The van der Waals surface area contributed by atoms with E-state index in [-0.39, 0.29) is 31.2 Å². The first kappa shape index (κ1) is 16.7. The fraction of sp³-hybridized carbons (Fsp3) is 0.833. The number of carbonyl (C=O) groups excluding carboxylic acids is 1. The minimum Gasteiger partial charge on any atom is -0.481 e. The van der Waals surface area contributed by atoms with Crippen LogP contribution in [0.25, 0.3) is 0 Å². The van der Waals surface area contributed by atoms with E-state index in [1.54, 1.807) is 11.8 Å². The number of rotatable bonds is 6. The van der Waals surface area contributed by atoms with Gasteiger partial charge in [0.15, 0.2) is 0 Å². The lowest BCUT2D eigenvalue weighted by Crippen LogP contribution is -2.58. The van der Waals surface area contributed by atoms with E-state index in [1.165, 1.54) is 0 Å². The van der Waals surface area contributed by atoms with Crippen LogP contribution in [0, 0.1) is 0 Å². The lowest BCUT2D eigenvalue weighted by Gasteiger charge is -2.38. The zero-order chi connectivity index (χ0) is 15.3. The van der Waals surface area contributed by atoms with Gasteiger partial charge in [-0.1, -0.05) is 0 Å². The van der Waals surface area contributed by atoms with Gasteiger partial charge in [0.05, 0.1) is 12.5 Å². The molecule has 0 aromatic heterocycles. The average Bonchev–Trinajstić information content (AvgIpc) is 2.29. The number of aliphatic carboxylic acids is 1. The van der Waals surface area contributed by atoms with Crippen molar-refractivity contribution in [2.75, 3.05) is 13.1 Å². The van der Waals surface area contributed by atoms with Crippen LogP contribution in [-0.4, -0.2) is 53.2 Å². The first-order valence-electron chi connectivity index (χ1n) is 6.52. The summed E-state index contributed by atoms with van der Waals surface area (Å²) in [4.78, 5) is 24.1. The number of hydrogen-bond donors (Lipinski definition) is 2. The zero-order valence-corrected chi connectivity index (χ0v) is 11.2. The monoisotopic (exact) mass is 296 g/mol. The number of amides is 1. The topological polar surface area (TPSA) is 69.6 Å². The number of hydrogen-bond acceptors (Lipinski definition) is 3. The van der Waals surface area contributed by atoms with Crippen molar-refractivity contribution in [2.24, 2.45) is 0 Å². The molecule has 0 saturated carbocycles. The molecule has 116 valence electrons. The van der Waals surface area contributed by atoms with E-state index in [2.05, 4.69) is 5.32 Å². The number of halogens is 3. The molecule has 0 aliphatic carbocycles. The lowest BCUT2D eigenvalue weighted by molar-refractivity contribution is -0.144. The van der Waals surface area contributed by atoms with Crippen molar-refractivity contribution < 1.29 is 27.9 Å². The van der Waals surface area contributed by atoms with Gasteiger partial charge in [-0.2, -0.15) is 13.2 Å². The van der Waals surface area contributed by atoms with Gasteiger partial charge in [-0.15, -0.1) is 0 Å². The van der Waals surface area contributed by atoms with E-state index in [0.717, 1.165) is 0 Å². The maximum atomic E-state index is 12.1. The third-order valence-corrected chi connectivity index (χ3v) is 3.39. The Morgan fingerprint density at radius 2 is 2.20 bits per heavy atom.